The van der Waals surface area contributed by atoms with Crippen molar-refractivity contribution in [2.45, 2.75) is 0 Å². The van der Waals surface area contributed by atoms with Crippen molar-refractivity contribution in [2.75, 3.05) is 4.90 Å². The van der Waals surface area contributed by atoms with Gasteiger partial charge in [-0.15, -0.1) is 0 Å². The zero-order chi connectivity index (χ0) is 41.4. The average molecular weight is 803 g/mol. The van der Waals surface area contributed by atoms with E-state index in [1.165, 1.54) is 49.0 Å². The Morgan fingerprint density at radius 3 is 1.83 bits per heavy atom. The van der Waals surface area contributed by atoms with Gasteiger partial charge in [-0.1, -0.05) is 164 Å². The Labute approximate surface area is 363 Å². The number of anilines is 3. The average Bonchev–Trinajstić information content (AvgIpc) is 3.90. The largest absolute Gasteiger partial charge is 0.456 e. The number of fused-ring (bicyclic) bond motifs is 9. The van der Waals surface area contributed by atoms with Crippen molar-refractivity contribution in [3.05, 3.63) is 231 Å². The second-order valence-electron chi connectivity index (χ2n) is 16.5. The lowest BCUT2D eigenvalue weighted by atomic mass is 9.93. The van der Waals surface area contributed by atoms with Crippen LogP contribution in [0.5, 0.6) is 0 Å². The van der Waals surface area contributed by atoms with Crippen LogP contribution in [-0.4, -0.2) is 4.57 Å². The lowest BCUT2D eigenvalue weighted by Gasteiger charge is -2.29. The van der Waals surface area contributed by atoms with E-state index in [0.717, 1.165) is 72.1 Å². The highest BCUT2D eigenvalue weighted by atomic mass is 16.3. The fourth-order valence-corrected chi connectivity index (χ4v) is 10.1. The number of hydrogen-bond acceptors (Lipinski definition) is 2. The maximum absolute atomic E-state index is 6.71. The molecule has 0 spiro atoms. The molecule has 0 saturated heterocycles. The number of aromatic nitrogens is 1. The molecule has 0 radical (unpaired) electrons. The molecule has 3 nitrogen and oxygen atoms in total. The summed E-state index contributed by atoms with van der Waals surface area (Å²) in [5.74, 6) is 0. The molecule has 0 saturated carbocycles. The topological polar surface area (TPSA) is 21.3 Å². The Morgan fingerprint density at radius 2 is 1.00 bits per heavy atom. The van der Waals surface area contributed by atoms with Crippen LogP contribution in [0.25, 0.3) is 104 Å². The Hall–Kier alpha value is -8.40. The van der Waals surface area contributed by atoms with Gasteiger partial charge in [0, 0.05) is 32.9 Å². The summed E-state index contributed by atoms with van der Waals surface area (Å²) in [6, 6.07) is 83.6. The van der Waals surface area contributed by atoms with Crippen LogP contribution in [-0.2, 0) is 0 Å². The normalized spacial score (nSPS) is 11.8. The monoisotopic (exact) mass is 802 g/mol. The van der Waals surface area contributed by atoms with Crippen LogP contribution in [0.3, 0.4) is 0 Å². The van der Waals surface area contributed by atoms with Gasteiger partial charge in [-0.2, -0.15) is 0 Å². The summed E-state index contributed by atoms with van der Waals surface area (Å²) in [6.45, 7) is 0. The number of hydrogen-bond donors (Lipinski definition) is 0. The van der Waals surface area contributed by atoms with Gasteiger partial charge in [0.2, 0.25) is 0 Å². The van der Waals surface area contributed by atoms with Gasteiger partial charge in [-0.05, 0) is 116 Å². The molecular formula is C60H38N2O. The van der Waals surface area contributed by atoms with E-state index in [0.29, 0.717) is 0 Å². The minimum absolute atomic E-state index is 0.862. The number of nitrogens with zero attached hydrogens (tertiary/aromatic N) is 2. The van der Waals surface area contributed by atoms with Gasteiger partial charge in [0.05, 0.1) is 27.8 Å². The maximum Gasteiger partial charge on any atom is 0.138 e. The highest BCUT2D eigenvalue weighted by Crippen LogP contribution is 2.50. The van der Waals surface area contributed by atoms with Crippen molar-refractivity contribution >= 4 is 93.1 Å². The Morgan fingerprint density at radius 1 is 0.349 bits per heavy atom. The summed E-state index contributed by atoms with van der Waals surface area (Å²) in [7, 11) is 0. The van der Waals surface area contributed by atoms with Crippen LogP contribution in [0.15, 0.2) is 235 Å². The molecule has 0 aliphatic heterocycles. The van der Waals surface area contributed by atoms with Gasteiger partial charge < -0.3 is 13.9 Å². The summed E-state index contributed by atoms with van der Waals surface area (Å²) in [5.41, 5.74) is 13.2. The van der Waals surface area contributed by atoms with Crippen LogP contribution in [0.4, 0.5) is 17.1 Å². The second kappa shape index (κ2) is 14.1. The van der Waals surface area contributed by atoms with Gasteiger partial charge in [-0.3, -0.25) is 0 Å². The highest BCUT2D eigenvalue weighted by Gasteiger charge is 2.26. The Kier molecular flexibility index (Phi) is 7.91. The van der Waals surface area contributed by atoms with Crippen LogP contribution < -0.4 is 4.90 Å². The highest BCUT2D eigenvalue weighted by molar-refractivity contribution is 6.24. The van der Waals surface area contributed by atoms with Crippen LogP contribution in [0.1, 0.15) is 0 Å². The second-order valence-corrected chi connectivity index (χ2v) is 16.5. The zero-order valence-electron chi connectivity index (χ0n) is 34.2. The van der Waals surface area contributed by atoms with Gasteiger partial charge in [0.1, 0.15) is 11.2 Å². The molecule has 0 aliphatic rings. The quantitative estimate of drug-likeness (QED) is 0.167. The number of para-hydroxylation sites is 2. The summed E-state index contributed by atoms with van der Waals surface area (Å²) < 4.78 is 9.14. The van der Waals surface area contributed by atoms with Gasteiger partial charge in [0.25, 0.3) is 0 Å². The molecule has 3 heteroatoms. The van der Waals surface area contributed by atoms with E-state index in [4.69, 9.17) is 4.42 Å². The molecule has 13 aromatic rings. The Balaban J connectivity index is 1.10. The summed E-state index contributed by atoms with van der Waals surface area (Å²) in [5, 5.41) is 11.7. The van der Waals surface area contributed by atoms with Crippen molar-refractivity contribution in [2.24, 2.45) is 0 Å². The van der Waals surface area contributed by atoms with Crippen molar-refractivity contribution in [1.29, 1.82) is 0 Å². The van der Waals surface area contributed by atoms with Crippen molar-refractivity contribution in [3.63, 3.8) is 0 Å². The van der Waals surface area contributed by atoms with E-state index < -0.39 is 0 Å². The smallest absolute Gasteiger partial charge is 0.138 e. The molecule has 2 heterocycles. The zero-order valence-corrected chi connectivity index (χ0v) is 34.2. The first kappa shape index (κ1) is 35.4. The molecule has 2 aromatic heterocycles. The molecule has 0 bridgehead atoms. The summed E-state index contributed by atoms with van der Waals surface area (Å²) in [6.07, 6.45) is 0. The van der Waals surface area contributed by atoms with E-state index in [9.17, 15) is 0 Å². The minimum atomic E-state index is 0.862. The third-order valence-corrected chi connectivity index (χ3v) is 12.9. The number of furan rings is 1. The number of benzene rings is 11. The van der Waals surface area contributed by atoms with E-state index in [1.807, 2.05) is 0 Å². The lowest BCUT2D eigenvalue weighted by Crippen LogP contribution is -2.11. The Bertz CT molecular complexity index is 3910. The van der Waals surface area contributed by atoms with Gasteiger partial charge >= 0.3 is 0 Å². The molecule has 63 heavy (non-hydrogen) atoms. The summed E-state index contributed by atoms with van der Waals surface area (Å²) >= 11 is 0. The van der Waals surface area contributed by atoms with E-state index in [1.54, 1.807) is 0 Å². The van der Waals surface area contributed by atoms with E-state index >= 15 is 0 Å². The molecule has 0 aliphatic carbocycles. The van der Waals surface area contributed by atoms with Crippen molar-refractivity contribution in [3.8, 4) is 27.9 Å². The van der Waals surface area contributed by atoms with Gasteiger partial charge in [-0.25, -0.2) is 0 Å². The molecule has 294 valence electrons. The molecule has 11 aromatic carbocycles. The lowest BCUT2D eigenvalue weighted by molar-refractivity contribution is 0.669. The molecule has 0 unspecified atom stereocenters. The van der Waals surface area contributed by atoms with Crippen molar-refractivity contribution < 1.29 is 4.42 Å². The molecule has 0 atom stereocenters. The molecule has 0 amide bonds. The first-order valence-corrected chi connectivity index (χ1v) is 21.6. The van der Waals surface area contributed by atoms with Gasteiger partial charge in [0.15, 0.2) is 0 Å². The van der Waals surface area contributed by atoms with Crippen LogP contribution in [0.2, 0.25) is 0 Å². The van der Waals surface area contributed by atoms with Crippen LogP contribution in [0, 0.1) is 0 Å². The number of rotatable bonds is 6. The van der Waals surface area contributed by atoms with Crippen LogP contribution >= 0.6 is 0 Å². The van der Waals surface area contributed by atoms with E-state index in [-0.39, 0.29) is 0 Å². The fourth-order valence-electron chi connectivity index (χ4n) is 10.1. The minimum Gasteiger partial charge on any atom is -0.456 e. The third kappa shape index (κ3) is 5.60. The first-order valence-electron chi connectivity index (χ1n) is 21.6. The first-order chi connectivity index (χ1) is 31.2. The molecule has 0 fully saturated rings. The SMILES string of the molecule is c1ccc(-c2cc(-c3ccc(N(c4c5ccccc5cc5oc6ccccc6c45)c4cccc5c4c4ccccc4n5-c4ccc5ccccc5c4)cc3)c3ccccc3c2)cc1. The van der Waals surface area contributed by atoms with Crippen molar-refractivity contribution in [1.82, 2.24) is 4.57 Å². The third-order valence-electron chi connectivity index (χ3n) is 12.9. The maximum atomic E-state index is 6.71. The standard InChI is InChI=1S/C60H38N2O/c1-2-15-39(16-3-1)45-35-43-19-6-8-21-48(43)52(37-45)41-30-32-46(33-31-41)62(60-49-22-9-7-20-44(49)38-57-59(60)51-24-11-13-28-56(51)63-57)55-27-14-26-54-58(55)50-23-10-12-25-53(50)61(54)47-34-29-40-17-4-5-18-42(40)36-47/h1-38H. The predicted octanol–water partition coefficient (Wildman–Crippen LogP) is 16.9. The molecule has 13 rings (SSSR count). The van der Waals surface area contributed by atoms with E-state index in [2.05, 4.69) is 240 Å². The molecule has 0 N–H and O–H groups in total. The fraction of sp³-hybridized carbons (Fsp3) is 0. The predicted molar refractivity (Wildman–Crippen MR) is 266 cm³/mol. The molecular weight excluding hydrogens is 765 g/mol. The summed E-state index contributed by atoms with van der Waals surface area (Å²) in [4.78, 5) is 2.49.